The van der Waals surface area contributed by atoms with Gasteiger partial charge >= 0.3 is 0 Å². The van der Waals surface area contributed by atoms with Crippen LogP contribution in [0.2, 0.25) is 5.02 Å². The normalized spacial score (nSPS) is 10.7. The number of hydrogen-bond donors (Lipinski definition) is 1. The van der Waals surface area contributed by atoms with Crippen molar-refractivity contribution in [3.05, 3.63) is 101 Å². The van der Waals surface area contributed by atoms with Gasteiger partial charge in [-0.2, -0.15) is 10.4 Å². The van der Waals surface area contributed by atoms with Crippen LogP contribution in [0.3, 0.4) is 0 Å². The summed E-state index contributed by atoms with van der Waals surface area (Å²) < 4.78 is 0. The molecule has 3 aromatic carbocycles. The number of aromatic nitrogens is 2. The molecule has 1 N–H and O–H groups in total. The molecule has 0 saturated heterocycles. The van der Waals surface area contributed by atoms with Crippen LogP contribution in [0.1, 0.15) is 11.1 Å². The Bertz CT molecular complexity index is 1210. The van der Waals surface area contributed by atoms with Crippen molar-refractivity contribution >= 4 is 23.8 Å². The quantitative estimate of drug-likeness (QED) is 0.335. The summed E-state index contributed by atoms with van der Waals surface area (Å²) in [5, 5.41) is 13.8. The number of hydrazone groups is 1. The van der Waals surface area contributed by atoms with E-state index < -0.39 is 0 Å². The number of benzene rings is 3. The first kappa shape index (κ1) is 19.3. The van der Waals surface area contributed by atoms with Crippen molar-refractivity contribution in [2.24, 2.45) is 5.10 Å². The number of anilines is 1. The predicted molar refractivity (Wildman–Crippen MR) is 120 cm³/mol. The van der Waals surface area contributed by atoms with Crippen LogP contribution >= 0.6 is 11.6 Å². The lowest BCUT2D eigenvalue weighted by molar-refractivity contribution is 1.13. The Hall–Kier alpha value is -4.01. The summed E-state index contributed by atoms with van der Waals surface area (Å²) in [6, 6.07) is 28.6. The van der Waals surface area contributed by atoms with Gasteiger partial charge in [0.25, 0.3) is 0 Å². The molecule has 6 heteroatoms. The minimum absolute atomic E-state index is 0.381. The number of rotatable bonds is 5. The van der Waals surface area contributed by atoms with Gasteiger partial charge in [0.2, 0.25) is 5.95 Å². The van der Waals surface area contributed by atoms with Crippen molar-refractivity contribution in [1.29, 1.82) is 5.26 Å². The first-order valence-electron chi connectivity index (χ1n) is 9.21. The average Bonchev–Trinajstić information content (AvgIpc) is 2.80. The third kappa shape index (κ3) is 4.69. The van der Waals surface area contributed by atoms with E-state index in [4.69, 9.17) is 16.9 Å². The fourth-order valence-electron chi connectivity index (χ4n) is 2.83. The summed E-state index contributed by atoms with van der Waals surface area (Å²) in [4.78, 5) is 9.20. The molecule has 0 spiro atoms. The summed E-state index contributed by atoms with van der Waals surface area (Å²) in [5.74, 6) is 0.381. The molecule has 5 nitrogen and oxygen atoms in total. The number of nitriles is 1. The molecule has 30 heavy (non-hydrogen) atoms. The van der Waals surface area contributed by atoms with Gasteiger partial charge in [-0.15, -0.1) is 0 Å². The van der Waals surface area contributed by atoms with Crippen molar-refractivity contribution in [2.45, 2.75) is 0 Å². The third-order valence-electron chi connectivity index (χ3n) is 4.35. The molecule has 1 aromatic heterocycles. The molecular weight excluding hydrogens is 394 g/mol. The average molecular weight is 410 g/mol. The molecule has 0 saturated carbocycles. The highest BCUT2D eigenvalue weighted by molar-refractivity contribution is 6.30. The largest absolute Gasteiger partial charge is 0.245 e. The Morgan fingerprint density at radius 1 is 0.833 bits per heavy atom. The van der Waals surface area contributed by atoms with Crippen LogP contribution in [0.4, 0.5) is 5.95 Å². The van der Waals surface area contributed by atoms with E-state index >= 15 is 0 Å². The fourth-order valence-corrected chi connectivity index (χ4v) is 2.96. The van der Waals surface area contributed by atoms with Crippen LogP contribution in [0, 0.1) is 11.3 Å². The molecule has 0 bridgehead atoms. The number of nitrogens with zero attached hydrogens (tertiary/aromatic N) is 4. The zero-order valence-corrected chi connectivity index (χ0v) is 16.6. The number of nitrogens with one attached hydrogen (secondary N) is 1. The number of halogens is 1. The second-order valence-corrected chi connectivity index (χ2v) is 6.88. The first-order chi connectivity index (χ1) is 14.7. The standard InChI is InChI=1S/C24H16ClN5/c25-21-12-10-20(11-13-21)23-14-22(19-4-2-1-3-5-19)28-24(29-23)30-27-16-18-8-6-17(15-26)7-9-18/h1-14,16H,(H,28,29,30). The Morgan fingerprint density at radius 3 is 2.10 bits per heavy atom. The molecule has 0 atom stereocenters. The maximum Gasteiger partial charge on any atom is 0.244 e. The van der Waals surface area contributed by atoms with Crippen molar-refractivity contribution < 1.29 is 0 Å². The highest BCUT2D eigenvalue weighted by atomic mass is 35.5. The minimum atomic E-state index is 0.381. The van der Waals surface area contributed by atoms with E-state index in [1.807, 2.05) is 72.8 Å². The lowest BCUT2D eigenvalue weighted by atomic mass is 10.1. The topological polar surface area (TPSA) is 74.0 Å². The van der Waals surface area contributed by atoms with E-state index in [0.717, 1.165) is 28.1 Å². The minimum Gasteiger partial charge on any atom is -0.245 e. The smallest absolute Gasteiger partial charge is 0.244 e. The maximum absolute atomic E-state index is 8.89. The van der Waals surface area contributed by atoms with E-state index in [-0.39, 0.29) is 0 Å². The van der Waals surface area contributed by atoms with Crippen molar-refractivity contribution in [3.63, 3.8) is 0 Å². The Morgan fingerprint density at radius 2 is 1.47 bits per heavy atom. The molecule has 0 unspecified atom stereocenters. The summed E-state index contributed by atoms with van der Waals surface area (Å²) in [6.45, 7) is 0. The maximum atomic E-state index is 8.89. The summed E-state index contributed by atoms with van der Waals surface area (Å²) >= 11 is 6.02. The van der Waals surface area contributed by atoms with Crippen LogP contribution < -0.4 is 5.43 Å². The molecule has 4 rings (SSSR count). The van der Waals surface area contributed by atoms with E-state index in [1.54, 1.807) is 18.3 Å². The Balaban J connectivity index is 1.65. The molecule has 0 radical (unpaired) electrons. The Labute approximate surface area is 179 Å². The molecule has 4 aromatic rings. The summed E-state index contributed by atoms with van der Waals surface area (Å²) in [5.41, 5.74) is 7.83. The van der Waals surface area contributed by atoms with E-state index in [2.05, 4.69) is 26.6 Å². The molecule has 0 amide bonds. The van der Waals surface area contributed by atoms with Crippen LogP contribution in [0.15, 0.2) is 90.0 Å². The zero-order valence-electron chi connectivity index (χ0n) is 15.8. The molecule has 0 aliphatic rings. The van der Waals surface area contributed by atoms with Gasteiger partial charge in [0.1, 0.15) is 0 Å². The fraction of sp³-hybridized carbons (Fsp3) is 0. The van der Waals surface area contributed by atoms with Crippen molar-refractivity contribution in [3.8, 4) is 28.6 Å². The molecule has 144 valence electrons. The monoisotopic (exact) mass is 409 g/mol. The highest BCUT2D eigenvalue weighted by Gasteiger charge is 2.08. The second kappa shape index (κ2) is 8.99. The van der Waals surface area contributed by atoms with Crippen molar-refractivity contribution in [1.82, 2.24) is 9.97 Å². The molecular formula is C24H16ClN5. The lowest BCUT2D eigenvalue weighted by Crippen LogP contribution is -2.00. The van der Waals surface area contributed by atoms with E-state index in [9.17, 15) is 0 Å². The van der Waals surface area contributed by atoms with Gasteiger partial charge in [-0.25, -0.2) is 15.4 Å². The number of hydrogen-bond acceptors (Lipinski definition) is 5. The lowest BCUT2D eigenvalue weighted by Gasteiger charge is -2.08. The van der Waals surface area contributed by atoms with Gasteiger partial charge in [-0.1, -0.05) is 66.2 Å². The van der Waals surface area contributed by atoms with Crippen LogP contribution in [-0.2, 0) is 0 Å². The molecule has 1 heterocycles. The second-order valence-electron chi connectivity index (χ2n) is 6.44. The van der Waals surface area contributed by atoms with E-state index in [0.29, 0.717) is 16.5 Å². The third-order valence-corrected chi connectivity index (χ3v) is 4.61. The molecule has 0 fully saturated rings. The van der Waals surface area contributed by atoms with E-state index in [1.165, 1.54) is 0 Å². The predicted octanol–water partition coefficient (Wildman–Crippen LogP) is 5.78. The Kier molecular flexibility index (Phi) is 5.79. The van der Waals surface area contributed by atoms with Gasteiger partial charge in [0.05, 0.1) is 29.2 Å². The van der Waals surface area contributed by atoms with Crippen LogP contribution in [0.25, 0.3) is 22.5 Å². The van der Waals surface area contributed by atoms with Gasteiger partial charge < -0.3 is 0 Å². The van der Waals surface area contributed by atoms with Gasteiger partial charge in [-0.05, 0) is 35.9 Å². The molecule has 0 aliphatic heterocycles. The van der Waals surface area contributed by atoms with Crippen molar-refractivity contribution in [2.75, 3.05) is 5.43 Å². The summed E-state index contributed by atoms with van der Waals surface area (Å²) in [6.07, 6.45) is 1.65. The van der Waals surface area contributed by atoms with Crippen LogP contribution in [-0.4, -0.2) is 16.2 Å². The SMILES string of the molecule is N#Cc1ccc(C=NNc2nc(-c3ccccc3)cc(-c3ccc(Cl)cc3)n2)cc1. The summed E-state index contributed by atoms with van der Waals surface area (Å²) in [7, 11) is 0. The zero-order chi connectivity index (χ0) is 20.8. The van der Waals surface area contributed by atoms with Gasteiger partial charge in [-0.3, -0.25) is 0 Å². The first-order valence-corrected chi connectivity index (χ1v) is 9.59. The highest BCUT2D eigenvalue weighted by Crippen LogP contribution is 2.26. The van der Waals surface area contributed by atoms with Crippen LogP contribution in [0.5, 0.6) is 0 Å². The van der Waals surface area contributed by atoms with Gasteiger partial charge in [0.15, 0.2) is 0 Å². The van der Waals surface area contributed by atoms with Gasteiger partial charge in [0, 0.05) is 16.1 Å². The molecule has 0 aliphatic carbocycles.